The first kappa shape index (κ1) is 22.2. The maximum Gasteiger partial charge on any atom is 0.267 e. The number of hydrogen-bond donors (Lipinski definition) is 2. The fourth-order valence-electron chi connectivity index (χ4n) is 3.65. The molecule has 4 aromatic rings. The highest BCUT2D eigenvalue weighted by Crippen LogP contribution is 2.26. The average molecular weight is 503 g/mol. The molecule has 2 amide bonds. The zero-order valence-corrected chi connectivity index (χ0v) is 19.5. The van der Waals surface area contributed by atoms with Gasteiger partial charge in [0.05, 0.1) is 46.3 Å². The number of carbonyl (C=O) groups is 2. The maximum absolute atomic E-state index is 13.3. The Hall–Kier alpha value is -4.03. The molecule has 9 heteroatoms. The van der Waals surface area contributed by atoms with E-state index < -0.39 is 11.8 Å². The molecule has 0 aliphatic heterocycles. The lowest BCUT2D eigenvalue weighted by Gasteiger charge is -2.11. The maximum atomic E-state index is 13.3. The van der Waals surface area contributed by atoms with Gasteiger partial charge in [0, 0.05) is 9.86 Å². The van der Waals surface area contributed by atoms with Gasteiger partial charge in [-0.15, -0.1) is 0 Å². The highest BCUT2D eigenvalue weighted by atomic mass is 79.9. The number of nitrogens with zero attached hydrogens (tertiary/aromatic N) is 4. The van der Waals surface area contributed by atoms with Crippen molar-refractivity contribution in [1.29, 1.82) is 5.26 Å². The monoisotopic (exact) mass is 502 g/mol. The molecule has 0 fully saturated rings. The van der Waals surface area contributed by atoms with Crippen molar-refractivity contribution >= 4 is 44.3 Å². The lowest BCUT2D eigenvalue weighted by molar-refractivity contribution is 0.0996. The van der Waals surface area contributed by atoms with E-state index in [0.29, 0.717) is 34.4 Å². The number of halogens is 1. The van der Waals surface area contributed by atoms with Crippen LogP contribution < -0.4 is 11.1 Å². The first-order valence-corrected chi connectivity index (χ1v) is 10.8. The van der Waals surface area contributed by atoms with Crippen LogP contribution in [0.2, 0.25) is 0 Å². The zero-order valence-electron chi connectivity index (χ0n) is 17.9. The molecule has 0 saturated heterocycles. The lowest BCUT2D eigenvalue weighted by Crippen LogP contribution is -2.18. The van der Waals surface area contributed by atoms with E-state index >= 15 is 0 Å². The minimum Gasteiger partial charge on any atom is -0.364 e. The third kappa shape index (κ3) is 4.33. The van der Waals surface area contributed by atoms with Crippen LogP contribution in [0, 0.1) is 25.2 Å². The second-order valence-corrected chi connectivity index (χ2v) is 8.42. The van der Waals surface area contributed by atoms with Gasteiger partial charge in [0.15, 0.2) is 0 Å². The number of fused-ring (bicyclic) bond motifs is 1. The molecule has 33 heavy (non-hydrogen) atoms. The summed E-state index contributed by atoms with van der Waals surface area (Å²) in [5, 5.41) is 17.4. The Labute approximate surface area is 198 Å². The molecule has 8 nitrogen and oxygen atoms in total. The highest BCUT2D eigenvalue weighted by Gasteiger charge is 2.20. The molecule has 2 aromatic carbocycles. The summed E-state index contributed by atoms with van der Waals surface area (Å²) in [6.45, 7) is 4.04. The topological polar surface area (TPSA) is 127 Å². The van der Waals surface area contributed by atoms with Gasteiger partial charge in [0.1, 0.15) is 5.69 Å². The van der Waals surface area contributed by atoms with E-state index in [0.717, 1.165) is 15.7 Å². The first-order valence-electron chi connectivity index (χ1n) is 10.0. The summed E-state index contributed by atoms with van der Waals surface area (Å²) >= 11 is 3.41. The Kier molecular flexibility index (Phi) is 5.94. The highest BCUT2D eigenvalue weighted by molar-refractivity contribution is 9.10. The Morgan fingerprint density at radius 3 is 2.67 bits per heavy atom. The van der Waals surface area contributed by atoms with E-state index in [9.17, 15) is 14.9 Å². The number of aryl methyl sites for hydroxylation is 1. The van der Waals surface area contributed by atoms with Crippen LogP contribution in [0.25, 0.3) is 10.9 Å². The largest absolute Gasteiger partial charge is 0.364 e. The smallest absolute Gasteiger partial charge is 0.267 e. The lowest BCUT2D eigenvalue weighted by atomic mass is 10.1. The number of rotatable bonds is 5. The van der Waals surface area contributed by atoms with E-state index in [1.54, 1.807) is 35.9 Å². The number of pyridine rings is 1. The van der Waals surface area contributed by atoms with Gasteiger partial charge >= 0.3 is 0 Å². The fourth-order valence-corrected chi connectivity index (χ4v) is 4.01. The summed E-state index contributed by atoms with van der Waals surface area (Å²) in [6.07, 6.45) is 0. The van der Waals surface area contributed by atoms with Gasteiger partial charge in [-0.25, -0.2) is 4.98 Å². The minimum absolute atomic E-state index is 0.00669. The predicted octanol–water partition coefficient (Wildman–Crippen LogP) is 4.08. The van der Waals surface area contributed by atoms with Crippen molar-refractivity contribution in [2.24, 2.45) is 5.73 Å². The Balaban J connectivity index is 1.71. The van der Waals surface area contributed by atoms with Crippen LogP contribution in [-0.2, 0) is 6.54 Å². The Morgan fingerprint density at radius 2 is 1.94 bits per heavy atom. The van der Waals surface area contributed by atoms with E-state index in [1.165, 1.54) is 6.07 Å². The van der Waals surface area contributed by atoms with E-state index in [2.05, 4.69) is 37.4 Å². The van der Waals surface area contributed by atoms with E-state index in [-0.39, 0.29) is 11.3 Å². The quantitative estimate of drug-likeness (QED) is 0.424. The van der Waals surface area contributed by atoms with Crippen molar-refractivity contribution < 1.29 is 9.59 Å². The average Bonchev–Trinajstić information content (AvgIpc) is 3.05. The number of primary amides is 1. The number of nitrogens with one attached hydrogen (secondary N) is 1. The van der Waals surface area contributed by atoms with Gasteiger partial charge in [-0.3, -0.25) is 14.3 Å². The van der Waals surface area contributed by atoms with Crippen molar-refractivity contribution in [3.05, 3.63) is 86.8 Å². The first-order chi connectivity index (χ1) is 15.8. The molecule has 2 heterocycles. The number of anilines is 1. The van der Waals surface area contributed by atoms with Gasteiger partial charge in [0.2, 0.25) is 0 Å². The van der Waals surface area contributed by atoms with Crippen LogP contribution in [0.3, 0.4) is 0 Å². The number of benzene rings is 2. The third-order valence-corrected chi connectivity index (χ3v) is 5.84. The van der Waals surface area contributed by atoms with Crippen LogP contribution in [0.15, 0.2) is 53.0 Å². The molecule has 0 aliphatic carbocycles. The van der Waals surface area contributed by atoms with Crippen LogP contribution in [0.5, 0.6) is 0 Å². The van der Waals surface area contributed by atoms with Crippen LogP contribution in [0.1, 0.15) is 43.4 Å². The Bertz CT molecular complexity index is 1470. The number of nitrogens with two attached hydrogens (primary N) is 1. The van der Waals surface area contributed by atoms with Crippen LogP contribution >= 0.6 is 15.9 Å². The van der Waals surface area contributed by atoms with E-state index in [1.807, 2.05) is 25.1 Å². The molecule has 2 aromatic heterocycles. The summed E-state index contributed by atoms with van der Waals surface area (Å²) in [4.78, 5) is 29.3. The van der Waals surface area contributed by atoms with E-state index in [4.69, 9.17) is 5.73 Å². The van der Waals surface area contributed by atoms with Gasteiger partial charge in [0.25, 0.3) is 11.8 Å². The summed E-state index contributed by atoms with van der Waals surface area (Å²) in [7, 11) is 0. The standard InChI is InChI=1S/C24H19BrN6O2/c1-13-22(14(2)31(30-13)12-16-6-4-3-5-15(16)11-26)29-24(33)19-10-21(23(27)32)28-20-8-7-17(25)9-18(19)20/h3-10H,12H2,1-2H3,(H2,27,32)(H,29,33). The van der Waals surface area contributed by atoms with Crippen LogP contribution in [0.4, 0.5) is 5.69 Å². The van der Waals surface area contributed by atoms with Crippen molar-refractivity contribution in [2.75, 3.05) is 5.32 Å². The molecule has 0 aliphatic rings. The molecular formula is C24H19BrN6O2. The van der Waals surface area contributed by atoms with Crippen LogP contribution in [-0.4, -0.2) is 26.6 Å². The molecule has 0 saturated carbocycles. The summed E-state index contributed by atoms with van der Waals surface area (Å²) in [5.74, 6) is -1.13. The minimum atomic E-state index is -0.717. The second-order valence-electron chi connectivity index (χ2n) is 7.51. The molecular weight excluding hydrogens is 484 g/mol. The van der Waals surface area contributed by atoms with Crippen molar-refractivity contribution in [2.45, 2.75) is 20.4 Å². The molecule has 0 atom stereocenters. The van der Waals surface area contributed by atoms with Gasteiger partial charge in [-0.05, 0) is 49.7 Å². The van der Waals surface area contributed by atoms with Gasteiger partial charge in [-0.2, -0.15) is 10.4 Å². The molecule has 3 N–H and O–H groups in total. The molecule has 0 spiro atoms. The molecule has 4 rings (SSSR count). The molecule has 0 unspecified atom stereocenters. The zero-order chi connectivity index (χ0) is 23.7. The summed E-state index contributed by atoms with van der Waals surface area (Å²) < 4.78 is 2.52. The van der Waals surface area contributed by atoms with Gasteiger partial charge < -0.3 is 11.1 Å². The Morgan fingerprint density at radius 1 is 1.18 bits per heavy atom. The number of nitriles is 1. The second kappa shape index (κ2) is 8.84. The molecule has 0 radical (unpaired) electrons. The molecule has 164 valence electrons. The van der Waals surface area contributed by atoms with Crippen molar-refractivity contribution in [3.63, 3.8) is 0 Å². The third-order valence-electron chi connectivity index (χ3n) is 5.35. The normalized spacial score (nSPS) is 10.7. The van der Waals surface area contributed by atoms with Crippen molar-refractivity contribution in [3.8, 4) is 6.07 Å². The number of amides is 2. The predicted molar refractivity (Wildman–Crippen MR) is 128 cm³/mol. The number of carbonyl (C=O) groups excluding carboxylic acids is 2. The van der Waals surface area contributed by atoms with Gasteiger partial charge in [-0.1, -0.05) is 34.1 Å². The van der Waals surface area contributed by atoms with Crippen molar-refractivity contribution in [1.82, 2.24) is 14.8 Å². The molecule has 0 bridgehead atoms. The number of hydrogen-bond acceptors (Lipinski definition) is 5. The number of aromatic nitrogens is 3. The fraction of sp³-hybridized carbons (Fsp3) is 0.125. The summed E-state index contributed by atoms with van der Waals surface area (Å²) in [5.41, 5.74) is 9.53. The SMILES string of the molecule is Cc1nn(Cc2ccccc2C#N)c(C)c1NC(=O)c1cc(C(N)=O)nc2ccc(Br)cc12. The summed E-state index contributed by atoms with van der Waals surface area (Å²) in [6, 6.07) is 16.2.